The Bertz CT molecular complexity index is 178. The lowest BCUT2D eigenvalue weighted by atomic mass is 10.0. The van der Waals surface area contributed by atoms with Gasteiger partial charge in [0.05, 0.1) is 6.61 Å². The third-order valence-electron chi connectivity index (χ3n) is 3.89. The molecule has 1 unspecified atom stereocenters. The van der Waals surface area contributed by atoms with Crippen molar-refractivity contribution in [2.24, 2.45) is 11.7 Å². The highest BCUT2D eigenvalue weighted by Crippen LogP contribution is 2.24. The van der Waals surface area contributed by atoms with Gasteiger partial charge in [0.2, 0.25) is 0 Å². The van der Waals surface area contributed by atoms with E-state index in [1.807, 2.05) is 0 Å². The zero-order valence-corrected chi connectivity index (χ0v) is 9.66. The molecule has 0 bridgehead atoms. The zero-order valence-electron chi connectivity index (χ0n) is 9.66. The second-order valence-corrected chi connectivity index (χ2v) is 4.94. The molecule has 1 aliphatic heterocycles. The summed E-state index contributed by atoms with van der Waals surface area (Å²) in [5.41, 5.74) is 5.65. The molecule has 2 aliphatic rings. The Kier molecular flexibility index (Phi) is 4.42. The number of likely N-dealkylation sites (tertiary alicyclic amines) is 1. The SMILES string of the molecule is NCC1CCN1CCOCC1CCCC1. The number of hydrogen-bond acceptors (Lipinski definition) is 3. The van der Waals surface area contributed by atoms with Gasteiger partial charge < -0.3 is 10.5 Å². The van der Waals surface area contributed by atoms with E-state index < -0.39 is 0 Å². The summed E-state index contributed by atoms with van der Waals surface area (Å²) in [6, 6.07) is 0.639. The summed E-state index contributed by atoms with van der Waals surface area (Å²) in [5.74, 6) is 0.853. The maximum atomic E-state index is 5.73. The monoisotopic (exact) mass is 212 g/mol. The van der Waals surface area contributed by atoms with Gasteiger partial charge >= 0.3 is 0 Å². The molecule has 15 heavy (non-hydrogen) atoms. The van der Waals surface area contributed by atoms with Crippen LogP contribution in [0, 0.1) is 5.92 Å². The normalized spacial score (nSPS) is 28.2. The van der Waals surface area contributed by atoms with Crippen LogP contribution in [0.1, 0.15) is 32.1 Å². The molecule has 0 aromatic heterocycles. The maximum absolute atomic E-state index is 5.73. The zero-order chi connectivity index (χ0) is 10.5. The Labute approximate surface area is 93.0 Å². The van der Waals surface area contributed by atoms with Crippen LogP contribution in [0.25, 0.3) is 0 Å². The van der Waals surface area contributed by atoms with Gasteiger partial charge in [0.15, 0.2) is 0 Å². The Hall–Kier alpha value is -0.120. The molecule has 0 aromatic rings. The van der Waals surface area contributed by atoms with Crippen molar-refractivity contribution in [3.05, 3.63) is 0 Å². The summed E-state index contributed by atoms with van der Waals surface area (Å²) in [4.78, 5) is 2.44. The van der Waals surface area contributed by atoms with E-state index in [0.29, 0.717) is 6.04 Å². The number of nitrogens with two attached hydrogens (primary N) is 1. The van der Waals surface area contributed by atoms with E-state index in [-0.39, 0.29) is 0 Å². The van der Waals surface area contributed by atoms with Gasteiger partial charge in [0.1, 0.15) is 0 Å². The first-order chi connectivity index (χ1) is 7.40. The molecule has 2 fully saturated rings. The van der Waals surface area contributed by atoms with E-state index in [1.165, 1.54) is 38.6 Å². The summed E-state index contributed by atoms with van der Waals surface area (Å²) in [5, 5.41) is 0. The molecule has 0 aromatic carbocycles. The summed E-state index contributed by atoms with van der Waals surface area (Å²) < 4.78 is 5.73. The molecule has 1 saturated heterocycles. The molecule has 88 valence electrons. The van der Waals surface area contributed by atoms with E-state index in [4.69, 9.17) is 10.5 Å². The van der Waals surface area contributed by atoms with Crippen molar-refractivity contribution in [3.63, 3.8) is 0 Å². The highest BCUT2D eigenvalue weighted by molar-refractivity contribution is 4.82. The highest BCUT2D eigenvalue weighted by Gasteiger charge is 2.25. The Morgan fingerprint density at radius 3 is 2.60 bits per heavy atom. The van der Waals surface area contributed by atoms with Crippen LogP contribution in [0.5, 0.6) is 0 Å². The quantitative estimate of drug-likeness (QED) is 0.673. The molecule has 1 saturated carbocycles. The van der Waals surface area contributed by atoms with Crippen molar-refractivity contribution >= 4 is 0 Å². The van der Waals surface area contributed by atoms with E-state index in [9.17, 15) is 0 Å². The fourth-order valence-electron chi connectivity index (χ4n) is 2.66. The molecule has 1 aliphatic carbocycles. The second kappa shape index (κ2) is 5.83. The molecule has 1 heterocycles. The molecule has 2 rings (SSSR count). The van der Waals surface area contributed by atoms with Crippen LogP contribution in [0.4, 0.5) is 0 Å². The molecule has 0 spiro atoms. The van der Waals surface area contributed by atoms with E-state index in [1.54, 1.807) is 0 Å². The Balaban J connectivity index is 1.48. The Morgan fingerprint density at radius 1 is 1.20 bits per heavy atom. The predicted molar refractivity (Wildman–Crippen MR) is 61.8 cm³/mol. The van der Waals surface area contributed by atoms with E-state index in [2.05, 4.69) is 4.90 Å². The lowest BCUT2D eigenvalue weighted by Crippen LogP contribution is -2.52. The van der Waals surface area contributed by atoms with Crippen molar-refractivity contribution in [3.8, 4) is 0 Å². The highest BCUT2D eigenvalue weighted by atomic mass is 16.5. The third-order valence-corrected chi connectivity index (χ3v) is 3.89. The lowest BCUT2D eigenvalue weighted by molar-refractivity contribution is 0.0335. The lowest BCUT2D eigenvalue weighted by Gasteiger charge is -2.40. The molecule has 1 atom stereocenters. The molecule has 3 heteroatoms. The van der Waals surface area contributed by atoms with Crippen LogP contribution in [0.2, 0.25) is 0 Å². The van der Waals surface area contributed by atoms with Gasteiger partial charge in [-0.2, -0.15) is 0 Å². The number of nitrogens with zero attached hydrogens (tertiary/aromatic N) is 1. The van der Waals surface area contributed by atoms with Crippen LogP contribution in [0.3, 0.4) is 0 Å². The predicted octanol–water partition coefficient (Wildman–Crippen LogP) is 1.23. The first kappa shape index (κ1) is 11.4. The fourth-order valence-corrected chi connectivity index (χ4v) is 2.66. The van der Waals surface area contributed by atoms with Crippen molar-refractivity contribution in [1.29, 1.82) is 0 Å². The number of ether oxygens (including phenoxy) is 1. The Morgan fingerprint density at radius 2 is 2.00 bits per heavy atom. The van der Waals surface area contributed by atoms with Crippen molar-refractivity contribution < 1.29 is 4.74 Å². The van der Waals surface area contributed by atoms with E-state index >= 15 is 0 Å². The van der Waals surface area contributed by atoms with Gasteiger partial charge in [-0.1, -0.05) is 12.8 Å². The first-order valence-electron chi connectivity index (χ1n) is 6.42. The molecule has 3 nitrogen and oxygen atoms in total. The minimum atomic E-state index is 0.639. The largest absolute Gasteiger partial charge is 0.380 e. The van der Waals surface area contributed by atoms with Gasteiger partial charge in [0.25, 0.3) is 0 Å². The summed E-state index contributed by atoms with van der Waals surface area (Å²) in [6.45, 7) is 4.99. The molecular formula is C12H24N2O. The smallest absolute Gasteiger partial charge is 0.0593 e. The van der Waals surface area contributed by atoms with Crippen LogP contribution in [-0.2, 0) is 4.74 Å². The molecule has 2 N–H and O–H groups in total. The summed E-state index contributed by atoms with van der Waals surface area (Å²) in [7, 11) is 0. The van der Waals surface area contributed by atoms with Gasteiger partial charge in [-0.25, -0.2) is 0 Å². The summed E-state index contributed by atoms with van der Waals surface area (Å²) in [6.07, 6.45) is 6.87. The molecule has 0 amide bonds. The molecule has 0 radical (unpaired) electrons. The topological polar surface area (TPSA) is 38.5 Å². The van der Waals surface area contributed by atoms with Crippen molar-refractivity contribution in [2.75, 3.05) is 32.8 Å². The average Bonchev–Trinajstić information content (AvgIpc) is 2.69. The maximum Gasteiger partial charge on any atom is 0.0593 e. The molecular weight excluding hydrogens is 188 g/mol. The minimum absolute atomic E-state index is 0.639. The van der Waals surface area contributed by atoms with Crippen LogP contribution in [0.15, 0.2) is 0 Å². The van der Waals surface area contributed by atoms with Crippen LogP contribution >= 0.6 is 0 Å². The number of hydrogen-bond donors (Lipinski definition) is 1. The third kappa shape index (κ3) is 3.16. The summed E-state index contributed by atoms with van der Waals surface area (Å²) >= 11 is 0. The minimum Gasteiger partial charge on any atom is -0.380 e. The van der Waals surface area contributed by atoms with Crippen LogP contribution < -0.4 is 5.73 Å². The number of rotatable bonds is 6. The van der Waals surface area contributed by atoms with Gasteiger partial charge in [-0.05, 0) is 25.2 Å². The van der Waals surface area contributed by atoms with Gasteiger partial charge in [0, 0.05) is 32.3 Å². The van der Waals surface area contributed by atoms with Crippen molar-refractivity contribution in [2.45, 2.75) is 38.1 Å². The van der Waals surface area contributed by atoms with Crippen molar-refractivity contribution in [1.82, 2.24) is 4.90 Å². The average molecular weight is 212 g/mol. The van der Waals surface area contributed by atoms with E-state index in [0.717, 1.165) is 32.2 Å². The standard InChI is InChI=1S/C12H24N2O/c13-9-12-5-6-14(12)7-8-15-10-11-3-1-2-4-11/h11-12H,1-10,13H2. The van der Waals surface area contributed by atoms with Crippen LogP contribution in [-0.4, -0.2) is 43.8 Å². The van der Waals surface area contributed by atoms with Gasteiger partial charge in [-0.3, -0.25) is 4.90 Å². The van der Waals surface area contributed by atoms with Gasteiger partial charge in [-0.15, -0.1) is 0 Å². The second-order valence-electron chi connectivity index (χ2n) is 4.94. The fraction of sp³-hybridized carbons (Fsp3) is 1.00. The first-order valence-corrected chi connectivity index (χ1v) is 6.42.